The van der Waals surface area contributed by atoms with Crippen LogP contribution in [0, 0.1) is 11.8 Å². The van der Waals surface area contributed by atoms with E-state index < -0.39 is 18.1 Å². The monoisotopic (exact) mass is 289 g/mol. The average molecular weight is 290 g/mol. The van der Waals surface area contributed by atoms with Crippen molar-refractivity contribution in [2.75, 3.05) is 7.05 Å². The van der Waals surface area contributed by atoms with Crippen LogP contribution in [0.4, 0.5) is 13.2 Å². The van der Waals surface area contributed by atoms with Crippen LogP contribution in [0.1, 0.15) is 18.5 Å². The molecule has 0 fully saturated rings. The van der Waals surface area contributed by atoms with E-state index in [1.165, 1.54) is 31.2 Å². The summed E-state index contributed by atoms with van der Waals surface area (Å²) in [4.78, 5) is 12.1. The molecule has 0 aliphatic carbocycles. The van der Waals surface area contributed by atoms with E-state index in [1.54, 1.807) is 0 Å². The van der Waals surface area contributed by atoms with Gasteiger partial charge in [0.2, 0.25) is 0 Å². The van der Waals surface area contributed by atoms with Crippen LogP contribution in [0.5, 0.6) is 0 Å². The van der Waals surface area contributed by atoms with Gasteiger partial charge in [-0.15, -0.1) is 0 Å². The number of carbonyl (C=O) groups excluding carboxylic acids is 1. The van der Waals surface area contributed by atoms with Crippen molar-refractivity contribution in [3.8, 4) is 11.8 Å². The van der Waals surface area contributed by atoms with E-state index in [1.807, 2.05) is 0 Å². The number of rotatable bonds is 2. The molecule has 0 radical (unpaired) electrons. The van der Waals surface area contributed by atoms with Crippen molar-refractivity contribution in [3.63, 3.8) is 0 Å². The lowest BCUT2D eigenvalue weighted by Crippen LogP contribution is -2.39. The highest BCUT2D eigenvalue weighted by atomic mass is 35.5. The Balaban J connectivity index is 3.18. The van der Waals surface area contributed by atoms with Crippen molar-refractivity contribution in [2.24, 2.45) is 0 Å². The van der Waals surface area contributed by atoms with Gasteiger partial charge >= 0.3 is 6.18 Å². The van der Waals surface area contributed by atoms with E-state index in [-0.39, 0.29) is 5.56 Å². The summed E-state index contributed by atoms with van der Waals surface area (Å²) in [6.45, 7) is 1.39. The predicted molar refractivity (Wildman–Crippen MR) is 66.5 cm³/mol. The topological polar surface area (TPSA) is 20.3 Å². The van der Waals surface area contributed by atoms with Crippen molar-refractivity contribution >= 4 is 17.5 Å². The number of carbonyl (C=O) groups is 1. The highest BCUT2D eigenvalue weighted by Gasteiger charge is 2.44. The third kappa shape index (κ3) is 3.90. The first-order chi connectivity index (χ1) is 8.77. The van der Waals surface area contributed by atoms with Gasteiger partial charge in [-0.05, 0) is 30.5 Å². The summed E-state index contributed by atoms with van der Waals surface area (Å²) in [5, 5.41) is 0.326. The van der Waals surface area contributed by atoms with E-state index >= 15 is 0 Å². The third-order valence-corrected chi connectivity index (χ3v) is 2.69. The van der Waals surface area contributed by atoms with E-state index in [0.717, 1.165) is 7.05 Å². The van der Waals surface area contributed by atoms with Crippen molar-refractivity contribution in [1.29, 1.82) is 0 Å². The molecule has 0 saturated heterocycles. The second-order valence-corrected chi connectivity index (χ2v) is 4.22. The Morgan fingerprint density at radius 2 is 1.84 bits per heavy atom. The van der Waals surface area contributed by atoms with Gasteiger partial charge in [0.15, 0.2) is 6.04 Å². The van der Waals surface area contributed by atoms with Crippen LogP contribution < -0.4 is 0 Å². The van der Waals surface area contributed by atoms with Gasteiger partial charge in [-0.2, -0.15) is 13.2 Å². The number of amides is 1. The SMILES string of the molecule is CC#CC(=O)N(C)C(c1ccc(Cl)cc1)C(F)(F)F. The van der Waals surface area contributed by atoms with E-state index in [0.29, 0.717) is 9.92 Å². The Hall–Kier alpha value is -1.67. The summed E-state index contributed by atoms with van der Waals surface area (Å²) in [7, 11) is 1.07. The molecule has 0 N–H and O–H groups in total. The summed E-state index contributed by atoms with van der Waals surface area (Å²) >= 11 is 5.64. The van der Waals surface area contributed by atoms with Crippen LogP contribution in [0.25, 0.3) is 0 Å². The van der Waals surface area contributed by atoms with Crippen molar-refractivity contribution < 1.29 is 18.0 Å². The number of halogens is 4. The molecule has 1 rings (SSSR count). The van der Waals surface area contributed by atoms with E-state index in [2.05, 4.69) is 11.8 Å². The fourth-order valence-corrected chi connectivity index (χ4v) is 1.72. The zero-order valence-electron chi connectivity index (χ0n) is 10.3. The number of hydrogen-bond acceptors (Lipinski definition) is 1. The first-order valence-corrected chi connectivity index (χ1v) is 5.67. The maximum Gasteiger partial charge on any atom is 0.413 e. The smallest absolute Gasteiger partial charge is 0.319 e. The van der Waals surface area contributed by atoms with Crippen LogP contribution in [-0.4, -0.2) is 24.0 Å². The minimum Gasteiger partial charge on any atom is -0.319 e. The van der Waals surface area contributed by atoms with Crippen LogP contribution >= 0.6 is 11.6 Å². The summed E-state index contributed by atoms with van der Waals surface area (Å²) in [5.41, 5.74) is -0.0642. The van der Waals surface area contributed by atoms with Crippen molar-refractivity contribution in [1.82, 2.24) is 4.90 Å². The molecule has 1 aromatic carbocycles. The summed E-state index contributed by atoms with van der Waals surface area (Å²) in [6, 6.07) is 3.13. The Morgan fingerprint density at radius 1 is 1.32 bits per heavy atom. The molecular weight excluding hydrogens is 279 g/mol. The van der Waals surface area contributed by atoms with E-state index in [4.69, 9.17) is 11.6 Å². The van der Waals surface area contributed by atoms with Crippen LogP contribution in [0.3, 0.4) is 0 Å². The molecule has 1 amide bonds. The fraction of sp³-hybridized carbons (Fsp3) is 0.308. The van der Waals surface area contributed by atoms with Crippen molar-refractivity contribution in [2.45, 2.75) is 19.1 Å². The van der Waals surface area contributed by atoms with Gasteiger partial charge < -0.3 is 4.90 Å². The number of nitrogens with zero attached hydrogens (tertiary/aromatic N) is 1. The quantitative estimate of drug-likeness (QED) is 0.764. The number of hydrogen-bond donors (Lipinski definition) is 0. The summed E-state index contributed by atoms with van der Waals surface area (Å²) < 4.78 is 39.2. The minimum atomic E-state index is -4.59. The van der Waals surface area contributed by atoms with Gasteiger partial charge in [0.1, 0.15) is 0 Å². The molecule has 2 nitrogen and oxygen atoms in total. The summed E-state index contributed by atoms with van der Waals surface area (Å²) in [6.07, 6.45) is -4.59. The van der Waals surface area contributed by atoms with Gasteiger partial charge in [-0.3, -0.25) is 4.79 Å². The summed E-state index contributed by atoms with van der Waals surface area (Å²) in [5.74, 6) is 3.49. The lowest BCUT2D eigenvalue weighted by atomic mass is 10.1. The Kier molecular flexibility index (Phi) is 4.84. The highest BCUT2D eigenvalue weighted by molar-refractivity contribution is 6.30. The lowest BCUT2D eigenvalue weighted by molar-refractivity contribution is -0.186. The fourth-order valence-electron chi connectivity index (χ4n) is 1.59. The molecule has 0 heterocycles. The van der Waals surface area contributed by atoms with Crippen LogP contribution in [-0.2, 0) is 4.79 Å². The zero-order valence-corrected chi connectivity index (χ0v) is 11.0. The normalized spacial score (nSPS) is 12.3. The Bertz CT molecular complexity index is 513. The van der Waals surface area contributed by atoms with Gasteiger partial charge in [0, 0.05) is 12.1 Å². The molecule has 0 aromatic heterocycles. The Morgan fingerprint density at radius 3 is 2.26 bits per heavy atom. The number of benzene rings is 1. The predicted octanol–water partition coefficient (Wildman–Crippen LogP) is 3.43. The molecule has 0 aliphatic heterocycles. The molecular formula is C13H11ClF3NO. The van der Waals surface area contributed by atoms with Gasteiger partial charge in [-0.25, -0.2) is 0 Å². The first-order valence-electron chi connectivity index (χ1n) is 5.29. The highest BCUT2D eigenvalue weighted by Crippen LogP contribution is 2.37. The second-order valence-electron chi connectivity index (χ2n) is 3.79. The minimum absolute atomic E-state index is 0.0642. The van der Waals surface area contributed by atoms with Crippen LogP contribution in [0.2, 0.25) is 5.02 Å². The maximum absolute atomic E-state index is 13.1. The molecule has 102 valence electrons. The molecule has 6 heteroatoms. The molecule has 1 aromatic rings. The van der Waals surface area contributed by atoms with Crippen molar-refractivity contribution in [3.05, 3.63) is 34.9 Å². The molecule has 1 atom stereocenters. The average Bonchev–Trinajstić information content (AvgIpc) is 2.30. The van der Waals surface area contributed by atoms with Gasteiger partial charge in [0.25, 0.3) is 5.91 Å². The molecule has 0 saturated carbocycles. The Labute approximate surface area is 114 Å². The standard InChI is InChI=1S/C13H11ClF3NO/c1-3-4-11(19)18(2)12(13(15,16)17)9-5-7-10(14)8-6-9/h5-8,12H,1-2H3. The lowest BCUT2D eigenvalue weighted by Gasteiger charge is -2.28. The second kappa shape index (κ2) is 5.98. The number of alkyl halides is 3. The molecule has 1 unspecified atom stereocenters. The van der Waals surface area contributed by atoms with E-state index in [9.17, 15) is 18.0 Å². The molecule has 0 spiro atoms. The molecule has 0 aliphatic rings. The maximum atomic E-state index is 13.1. The third-order valence-electron chi connectivity index (χ3n) is 2.44. The van der Waals surface area contributed by atoms with Crippen LogP contribution in [0.15, 0.2) is 24.3 Å². The first kappa shape index (κ1) is 15.4. The zero-order chi connectivity index (χ0) is 14.6. The largest absolute Gasteiger partial charge is 0.413 e. The molecule has 0 bridgehead atoms. The molecule has 19 heavy (non-hydrogen) atoms. The van der Waals surface area contributed by atoms with Gasteiger partial charge in [0.05, 0.1) is 0 Å². The van der Waals surface area contributed by atoms with Gasteiger partial charge in [-0.1, -0.05) is 29.7 Å².